The molecule has 0 saturated carbocycles. The second kappa shape index (κ2) is 8.93. The third-order valence-electron chi connectivity index (χ3n) is 2.54. The van der Waals surface area contributed by atoms with Crippen molar-refractivity contribution in [2.24, 2.45) is 0 Å². The Labute approximate surface area is 123 Å². The van der Waals surface area contributed by atoms with Gasteiger partial charge in [-0.3, -0.25) is 4.79 Å². The van der Waals surface area contributed by atoms with E-state index in [1.54, 1.807) is 0 Å². The Morgan fingerprint density at radius 2 is 2.11 bits per heavy atom. The number of rotatable bonds is 8. The summed E-state index contributed by atoms with van der Waals surface area (Å²) in [5.74, 6) is 0.784. The lowest BCUT2D eigenvalue weighted by molar-refractivity contribution is -0.121. The molecule has 0 spiro atoms. The minimum atomic E-state index is 0.0161. The molecular weight excluding hydrogens is 308 g/mol. The van der Waals surface area contributed by atoms with Crippen LogP contribution in [0.1, 0.15) is 25.8 Å². The van der Waals surface area contributed by atoms with Gasteiger partial charge >= 0.3 is 0 Å². The standard InChI is InChI=1S/C14H21BrN2O2/c1-3-16-10-11-5-6-13(12(15)9-11)19-8-7-14(18)17-4-2/h5-6,9,16H,3-4,7-8,10H2,1-2H3,(H,17,18). The number of amides is 1. The van der Waals surface area contributed by atoms with Crippen LogP contribution in [-0.4, -0.2) is 25.6 Å². The van der Waals surface area contributed by atoms with Crippen LogP contribution in [0, 0.1) is 0 Å². The third-order valence-corrected chi connectivity index (χ3v) is 3.16. The average molecular weight is 329 g/mol. The Bertz CT molecular complexity index is 410. The Kier molecular flexibility index (Phi) is 7.52. The quantitative estimate of drug-likeness (QED) is 0.770. The van der Waals surface area contributed by atoms with Gasteiger partial charge in [0.15, 0.2) is 0 Å². The molecule has 1 aromatic carbocycles. The maximum Gasteiger partial charge on any atom is 0.223 e. The normalized spacial score (nSPS) is 10.3. The largest absolute Gasteiger partial charge is 0.492 e. The summed E-state index contributed by atoms with van der Waals surface area (Å²) in [7, 11) is 0. The third kappa shape index (κ3) is 6.07. The molecule has 0 bridgehead atoms. The van der Waals surface area contributed by atoms with Gasteiger partial charge in [0.1, 0.15) is 5.75 Å². The van der Waals surface area contributed by atoms with Gasteiger partial charge in [-0.1, -0.05) is 13.0 Å². The lowest BCUT2D eigenvalue weighted by Gasteiger charge is -2.10. The number of halogens is 1. The second-order valence-electron chi connectivity index (χ2n) is 4.10. The molecular formula is C14H21BrN2O2. The summed E-state index contributed by atoms with van der Waals surface area (Å²) >= 11 is 3.48. The van der Waals surface area contributed by atoms with E-state index in [4.69, 9.17) is 4.74 Å². The minimum absolute atomic E-state index is 0.0161. The summed E-state index contributed by atoms with van der Waals surface area (Å²) in [6.45, 7) is 6.81. The van der Waals surface area contributed by atoms with Crippen molar-refractivity contribution in [2.75, 3.05) is 19.7 Å². The summed E-state index contributed by atoms with van der Waals surface area (Å²) in [4.78, 5) is 11.3. The van der Waals surface area contributed by atoms with E-state index in [0.717, 1.165) is 23.3 Å². The molecule has 0 atom stereocenters. The Balaban J connectivity index is 2.44. The number of hydrogen-bond acceptors (Lipinski definition) is 3. The molecule has 4 nitrogen and oxygen atoms in total. The van der Waals surface area contributed by atoms with Crippen LogP contribution in [-0.2, 0) is 11.3 Å². The smallest absolute Gasteiger partial charge is 0.223 e. The van der Waals surface area contributed by atoms with Gasteiger partial charge in [0, 0.05) is 13.1 Å². The van der Waals surface area contributed by atoms with Crippen molar-refractivity contribution in [3.05, 3.63) is 28.2 Å². The molecule has 0 aliphatic heterocycles. The van der Waals surface area contributed by atoms with Gasteiger partial charge < -0.3 is 15.4 Å². The molecule has 0 fully saturated rings. The molecule has 0 unspecified atom stereocenters. The van der Waals surface area contributed by atoms with Crippen molar-refractivity contribution in [3.63, 3.8) is 0 Å². The minimum Gasteiger partial charge on any atom is -0.492 e. The first-order chi connectivity index (χ1) is 9.17. The summed E-state index contributed by atoms with van der Waals surface area (Å²) in [6.07, 6.45) is 0.374. The zero-order chi connectivity index (χ0) is 14.1. The molecule has 0 radical (unpaired) electrons. The van der Waals surface area contributed by atoms with E-state index in [2.05, 4.69) is 33.5 Å². The summed E-state index contributed by atoms with van der Waals surface area (Å²) < 4.78 is 6.50. The number of benzene rings is 1. The summed E-state index contributed by atoms with van der Waals surface area (Å²) in [5, 5.41) is 6.01. The molecule has 0 saturated heterocycles. The molecule has 19 heavy (non-hydrogen) atoms. The molecule has 2 N–H and O–H groups in total. The maximum absolute atomic E-state index is 11.3. The number of ether oxygens (including phenoxy) is 1. The zero-order valence-corrected chi connectivity index (χ0v) is 13.0. The molecule has 0 aliphatic carbocycles. The van der Waals surface area contributed by atoms with E-state index in [-0.39, 0.29) is 5.91 Å². The average Bonchev–Trinajstić information content (AvgIpc) is 2.39. The van der Waals surface area contributed by atoms with Crippen molar-refractivity contribution in [1.82, 2.24) is 10.6 Å². The van der Waals surface area contributed by atoms with Gasteiger partial charge in [0.2, 0.25) is 5.91 Å². The van der Waals surface area contributed by atoms with E-state index in [1.807, 2.05) is 25.1 Å². The molecule has 0 aliphatic rings. The zero-order valence-electron chi connectivity index (χ0n) is 11.5. The van der Waals surface area contributed by atoms with E-state index in [1.165, 1.54) is 5.56 Å². The van der Waals surface area contributed by atoms with Gasteiger partial charge in [-0.2, -0.15) is 0 Å². The molecule has 1 rings (SSSR count). The highest BCUT2D eigenvalue weighted by atomic mass is 79.9. The summed E-state index contributed by atoms with van der Waals surface area (Å²) in [5.41, 5.74) is 1.20. The number of hydrogen-bond donors (Lipinski definition) is 2. The molecule has 106 valence electrons. The Hall–Kier alpha value is -1.07. The van der Waals surface area contributed by atoms with Gasteiger partial charge in [-0.25, -0.2) is 0 Å². The van der Waals surface area contributed by atoms with Crippen LogP contribution in [0.5, 0.6) is 5.75 Å². The monoisotopic (exact) mass is 328 g/mol. The van der Waals surface area contributed by atoms with E-state index >= 15 is 0 Å². The van der Waals surface area contributed by atoms with Crippen LogP contribution >= 0.6 is 15.9 Å². The Morgan fingerprint density at radius 1 is 1.32 bits per heavy atom. The van der Waals surface area contributed by atoms with Crippen molar-refractivity contribution in [1.29, 1.82) is 0 Å². The second-order valence-corrected chi connectivity index (χ2v) is 4.95. The van der Waals surface area contributed by atoms with Gasteiger partial charge in [0.05, 0.1) is 17.5 Å². The van der Waals surface area contributed by atoms with Gasteiger partial charge in [-0.15, -0.1) is 0 Å². The lowest BCUT2D eigenvalue weighted by Crippen LogP contribution is -2.24. The van der Waals surface area contributed by atoms with E-state index in [0.29, 0.717) is 19.6 Å². The highest BCUT2D eigenvalue weighted by Crippen LogP contribution is 2.26. The summed E-state index contributed by atoms with van der Waals surface area (Å²) in [6, 6.07) is 5.98. The van der Waals surface area contributed by atoms with Crippen LogP contribution in [0.25, 0.3) is 0 Å². The topological polar surface area (TPSA) is 50.4 Å². The highest BCUT2D eigenvalue weighted by Gasteiger charge is 2.04. The number of carbonyl (C=O) groups excluding carboxylic acids is 1. The van der Waals surface area contributed by atoms with Crippen LogP contribution in [0.4, 0.5) is 0 Å². The van der Waals surface area contributed by atoms with Crippen molar-refractivity contribution in [3.8, 4) is 5.75 Å². The van der Waals surface area contributed by atoms with Crippen molar-refractivity contribution >= 4 is 21.8 Å². The maximum atomic E-state index is 11.3. The molecule has 1 amide bonds. The van der Waals surface area contributed by atoms with Gasteiger partial charge in [-0.05, 0) is 47.1 Å². The van der Waals surface area contributed by atoms with Crippen LogP contribution in [0.3, 0.4) is 0 Å². The SMILES string of the molecule is CCNCc1ccc(OCCC(=O)NCC)c(Br)c1. The predicted octanol–water partition coefficient (Wildman–Crippen LogP) is 2.46. The predicted molar refractivity (Wildman–Crippen MR) is 80.3 cm³/mol. The van der Waals surface area contributed by atoms with Crippen LogP contribution in [0.2, 0.25) is 0 Å². The fraction of sp³-hybridized carbons (Fsp3) is 0.500. The van der Waals surface area contributed by atoms with Crippen molar-refractivity contribution in [2.45, 2.75) is 26.8 Å². The lowest BCUT2D eigenvalue weighted by atomic mass is 10.2. The molecule has 1 aromatic rings. The van der Waals surface area contributed by atoms with Crippen LogP contribution in [0.15, 0.2) is 22.7 Å². The first-order valence-electron chi connectivity index (χ1n) is 6.56. The first-order valence-corrected chi connectivity index (χ1v) is 7.35. The fourth-order valence-corrected chi connectivity index (χ4v) is 2.12. The van der Waals surface area contributed by atoms with Gasteiger partial charge in [0.25, 0.3) is 0 Å². The number of carbonyl (C=O) groups is 1. The number of nitrogens with one attached hydrogen (secondary N) is 2. The van der Waals surface area contributed by atoms with Crippen LogP contribution < -0.4 is 15.4 Å². The Morgan fingerprint density at radius 3 is 2.74 bits per heavy atom. The molecule has 0 aromatic heterocycles. The first kappa shape index (κ1) is 16.0. The molecule has 0 heterocycles. The van der Waals surface area contributed by atoms with Crippen molar-refractivity contribution < 1.29 is 9.53 Å². The van der Waals surface area contributed by atoms with E-state index < -0.39 is 0 Å². The fourth-order valence-electron chi connectivity index (χ4n) is 1.58. The molecule has 5 heteroatoms. The van der Waals surface area contributed by atoms with E-state index in [9.17, 15) is 4.79 Å². The highest BCUT2D eigenvalue weighted by molar-refractivity contribution is 9.10.